The molecule has 4 rings (SSSR count). The maximum atomic E-state index is 7.85. The van der Waals surface area contributed by atoms with Gasteiger partial charge >= 0.3 is 0 Å². The summed E-state index contributed by atoms with van der Waals surface area (Å²) in [5.74, 6) is 0.694. The summed E-state index contributed by atoms with van der Waals surface area (Å²) in [6, 6.07) is 19.5. The molecule has 1 atom stereocenters. The Labute approximate surface area is 149 Å². The quantitative estimate of drug-likeness (QED) is 0.295. The molecule has 0 saturated carbocycles. The fourth-order valence-electron chi connectivity index (χ4n) is 2.91. The fraction of sp³-hybridized carbons (Fsp3) is 0.0952. The molecule has 0 radical (unpaired) electrons. The van der Waals surface area contributed by atoms with Crippen LogP contribution in [0.3, 0.4) is 0 Å². The van der Waals surface area contributed by atoms with Gasteiger partial charge in [-0.3, -0.25) is 0 Å². The van der Waals surface area contributed by atoms with Crippen LogP contribution in [0.5, 0.6) is 0 Å². The van der Waals surface area contributed by atoms with Crippen LogP contribution in [0.4, 0.5) is 5.69 Å². The minimum atomic E-state index is 0.426. The van der Waals surface area contributed by atoms with Gasteiger partial charge < -0.3 is 15.6 Å². The van der Waals surface area contributed by atoms with E-state index in [1.807, 2.05) is 50.2 Å². The number of nitrogens with two attached hydrogens (primary N) is 1. The molecule has 0 spiro atoms. The highest BCUT2D eigenvalue weighted by molar-refractivity contribution is 7.27. The van der Waals surface area contributed by atoms with Gasteiger partial charge in [0.1, 0.15) is 11.3 Å². The molecule has 2 aliphatic rings. The molecule has 0 fully saturated rings. The third-order valence-corrected chi connectivity index (χ3v) is 4.28. The predicted molar refractivity (Wildman–Crippen MR) is 109 cm³/mol. The van der Waals surface area contributed by atoms with Crippen LogP contribution in [-0.4, -0.2) is 0 Å². The van der Waals surface area contributed by atoms with Gasteiger partial charge in [-0.2, -0.15) is 0 Å². The number of rotatable bonds is 1. The summed E-state index contributed by atoms with van der Waals surface area (Å²) >= 11 is 0. The van der Waals surface area contributed by atoms with Gasteiger partial charge in [-0.15, -0.1) is 9.24 Å². The summed E-state index contributed by atoms with van der Waals surface area (Å²) in [5, 5.41) is 10.4. The third-order valence-electron chi connectivity index (χ3n) is 3.92. The molecule has 3 nitrogen and oxygen atoms in total. The Bertz CT molecular complexity index is 1070. The second-order valence-electron chi connectivity index (χ2n) is 5.57. The zero-order chi connectivity index (χ0) is 18.0. The SMILES string of the molecule is CC.N=c1ccc2c(-c3cccc(P)c3)c3ccc(N)cc3oc-2c1. The molecule has 1 aliphatic heterocycles. The lowest BCUT2D eigenvalue weighted by molar-refractivity contribution is 0.619. The van der Waals surface area contributed by atoms with Crippen molar-refractivity contribution in [2.45, 2.75) is 13.8 Å². The van der Waals surface area contributed by atoms with Gasteiger partial charge in [-0.05, 0) is 41.2 Å². The van der Waals surface area contributed by atoms with E-state index in [2.05, 4.69) is 21.4 Å². The second-order valence-corrected chi connectivity index (χ2v) is 6.24. The molecule has 2 aromatic rings. The zero-order valence-corrected chi connectivity index (χ0v) is 15.5. The van der Waals surface area contributed by atoms with Crippen LogP contribution in [0.25, 0.3) is 33.4 Å². The molecule has 0 amide bonds. The van der Waals surface area contributed by atoms with Crippen molar-refractivity contribution in [2.75, 3.05) is 5.73 Å². The van der Waals surface area contributed by atoms with Crippen molar-refractivity contribution in [2.24, 2.45) is 0 Å². The lowest BCUT2D eigenvalue weighted by atomic mass is 9.93. The van der Waals surface area contributed by atoms with Crippen LogP contribution >= 0.6 is 9.24 Å². The maximum Gasteiger partial charge on any atom is 0.137 e. The Hall–Kier alpha value is -2.64. The molecular weight excluding hydrogens is 327 g/mol. The van der Waals surface area contributed by atoms with Gasteiger partial charge in [0, 0.05) is 34.3 Å². The van der Waals surface area contributed by atoms with E-state index in [4.69, 9.17) is 15.6 Å². The second kappa shape index (κ2) is 7.08. The first-order chi connectivity index (χ1) is 12.1. The Morgan fingerprint density at radius 3 is 2.52 bits per heavy atom. The largest absolute Gasteiger partial charge is 0.456 e. The van der Waals surface area contributed by atoms with Crippen molar-refractivity contribution in [3.8, 4) is 22.5 Å². The number of nitrogen functional groups attached to an aromatic ring is 1. The van der Waals surface area contributed by atoms with Crippen LogP contribution in [0.1, 0.15) is 13.8 Å². The van der Waals surface area contributed by atoms with E-state index in [0.717, 1.165) is 33.0 Å². The van der Waals surface area contributed by atoms with Crippen molar-refractivity contribution < 1.29 is 4.42 Å². The summed E-state index contributed by atoms with van der Waals surface area (Å²) in [6.07, 6.45) is 0. The van der Waals surface area contributed by atoms with Gasteiger partial charge in [0.15, 0.2) is 0 Å². The number of hydrogen-bond donors (Lipinski definition) is 2. The molecule has 0 bridgehead atoms. The van der Waals surface area contributed by atoms with E-state index in [-0.39, 0.29) is 0 Å². The minimum Gasteiger partial charge on any atom is -0.456 e. The van der Waals surface area contributed by atoms with Crippen LogP contribution in [0, 0.1) is 5.41 Å². The van der Waals surface area contributed by atoms with Crippen LogP contribution < -0.4 is 16.4 Å². The van der Waals surface area contributed by atoms with E-state index in [9.17, 15) is 0 Å². The van der Waals surface area contributed by atoms with Gasteiger partial charge in [0.25, 0.3) is 0 Å². The molecule has 2 aromatic carbocycles. The normalized spacial score (nSPS) is 10.5. The number of benzene rings is 3. The summed E-state index contributed by atoms with van der Waals surface area (Å²) in [7, 11) is 2.73. The average Bonchev–Trinajstić information content (AvgIpc) is 2.61. The molecule has 4 heteroatoms. The number of fused-ring (bicyclic) bond motifs is 2. The van der Waals surface area contributed by atoms with Gasteiger partial charge in [-0.25, -0.2) is 0 Å². The number of hydrogen-bond acceptors (Lipinski definition) is 3. The van der Waals surface area contributed by atoms with Crippen LogP contribution in [-0.2, 0) is 0 Å². The van der Waals surface area contributed by atoms with E-state index in [0.29, 0.717) is 16.8 Å². The Balaban J connectivity index is 0.000000880. The molecule has 1 unspecified atom stereocenters. The number of nitrogens with one attached hydrogen (secondary N) is 1. The lowest BCUT2D eigenvalue weighted by Crippen LogP contribution is -2.01. The summed E-state index contributed by atoms with van der Waals surface area (Å²) in [4.78, 5) is 0. The lowest BCUT2D eigenvalue weighted by Gasteiger charge is -2.15. The highest BCUT2D eigenvalue weighted by Crippen LogP contribution is 2.39. The van der Waals surface area contributed by atoms with Crippen molar-refractivity contribution in [1.82, 2.24) is 0 Å². The maximum absolute atomic E-state index is 7.85. The molecule has 3 N–H and O–H groups in total. The summed E-state index contributed by atoms with van der Waals surface area (Å²) in [6.45, 7) is 4.00. The van der Waals surface area contributed by atoms with Gasteiger partial charge in [0.2, 0.25) is 0 Å². The summed E-state index contributed by atoms with van der Waals surface area (Å²) < 4.78 is 6.00. The zero-order valence-electron chi connectivity index (χ0n) is 14.3. The van der Waals surface area contributed by atoms with Gasteiger partial charge in [-0.1, -0.05) is 32.0 Å². The van der Waals surface area contributed by atoms with Crippen LogP contribution in [0.15, 0.2) is 65.1 Å². The predicted octanol–water partition coefficient (Wildman–Crippen LogP) is 4.79. The molecular formula is C21H21N2OP. The number of anilines is 1. The van der Waals surface area contributed by atoms with Gasteiger partial charge in [0.05, 0.1) is 5.36 Å². The Morgan fingerprint density at radius 2 is 1.76 bits per heavy atom. The smallest absolute Gasteiger partial charge is 0.137 e. The van der Waals surface area contributed by atoms with Crippen LogP contribution in [0.2, 0.25) is 0 Å². The molecule has 1 heterocycles. The van der Waals surface area contributed by atoms with Crippen molar-refractivity contribution in [3.05, 3.63) is 66.0 Å². The van der Waals surface area contributed by atoms with E-state index in [1.54, 1.807) is 12.1 Å². The molecule has 0 aromatic heterocycles. The first-order valence-electron chi connectivity index (χ1n) is 8.28. The average molecular weight is 348 g/mol. The first kappa shape index (κ1) is 17.2. The van der Waals surface area contributed by atoms with E-state index >= 15 is 0 Å². The van der Waals surface area contributed by atoms with E-state index < -0.39 is 0 Å². The minimum absolute atomic E-state index is 0.426. The third kappa shape index (κ3) is 3.29. The molecule has 0 saturated heterocycles. The summed E-state index contributed by atoms with van der Waals surface area (Å²) in [5.41, 5.74) is 10.5. The standard InChI is InChI=1S/C19H15N2OP.C2H6/c20-12-4-6-15-17(9-12)22-18-10-13(21)5-7-16(18)19(15)11-2-1-3-14(23)8-11;1-2/h1-10,20H,21,23H2;1-2H3. The Morgan fingerprint density at radius 1 is 0.960 bits per heavy atom. The first-order valence-corrected chi connectivity index (χ1v) is 8.86. The molecule has 25 heavy (non-hydrogen) atoms. The highest BCUT2D eigenvalue weighted by Gasteiger charge is 2.16. The van der Waals surface area contributed by atoms with E-state index in [1.165, 1.54) is 0 Å². The van der Waals surface area contributed by atoms with Crippen molar-refractivity contribution >= 4 is 31.2 Å². The topological polar surface area (TPSA) is 63.0 Å². The Kier molecular flexibility index (Phi) is 4.87. The fourth-order valence-corrected chi connectivity index (χ4v) is 3.20. The molecule has 1 aliphatic carbocycles. The highest BCUT2D eigenvalue weighted by atomic mass is 31.0. The molecule has 126 valence electrons. The monoisotopic (exact) mass is 348 g/mol. The van der Waals surface area contributed by atoms with Crippen molar-refractivity contribution in [3.63, 3.8) is 0 Å². The van der Waals surface area contributed by atoms with Crippen molar-refractivity contribution in [1.29, 1.82) is 5.41 Å².